The lowest BCUT2D eigenvalue weighted by atomic mass is 10.1. The van der Waals surface area contributed by atoms with E-state index in [1.807, 2.05) is 30.3 Å². The van der Waals surface area contributed by atoms with Crippen LogP contribution in [0.3, 0.4) is 0 Å². The van der Waals surface area contributed by atoms with Gasteiger partial charge in [0.05, 0.1) is 5.69 Å². The van der Waals surface area contributed by atoms with E-state index in [-0.39, 0.29) is 11.2 Å². The molecule has 0 radical (unpaired) electrons. The van der Waals surface area contributed by atoms with Gasteiger partial charge in [-0.1, -0.05) is 30.0 Å². The highest BCUT2D eigenvalue weighted by Crippen LogP contribution is 2.23. The van der Waals surface area contributed by atoms with E-state index >= 15 is 0 Å². The molecule has 1 amide bonds. The summed E-state index contributed by atoms with van der Waals surface area (Å²) >= 11 is 1.53. The first-order valence-corrected chi connectivity index (χ1v) is 8.01. The number of nitrogens with zero attached hydrogens (tertiary/aromatic N) is 2. The average molecular weight is 328 g/mol. The fraction of sp³-hybridized carbons (Fsp3) is 0.235. The molecule has 0 unspecified atom stereocenters. The summed E-state index contributed by atoms with van der Waals surface area (Å²) in [4.78, 5) is 20.9. The minimum atomic E-state index is -0.567. The Labute approximate surface area is 140 Å². The van der Waals surface area contributed by atoms with Crippen LogP contribution in [0.2, 0.25) is 0 Å². The van der Waals surface area contributed by atoms with Crippen molar-refractivity contribution in [2.75, 3.05) is 0 Å². The maximum absolute atomic E-state index is 11.2. The van der Waals surface area contributed by atoms with Gasteiger partial charge >= 0.3 is 0 Å². The summed E-state index contributed by atoms with van der Waals surface area (Å²) in [6.45, 7) is 6.19. The van der Waals surface area contributed by atoms with Crippen LogP contribution in [-0.2, 0) is 0 Å². The summed E-state index contributed by atoms with van der Waals surface area (Å²) in [5.74, 6) is -0.567. The smallest absolute Gasteiger partial charge is 0.267 e. The number of carbonyl (C=O) groups excluding carboxylic acids is 1. The summed E-state index contributed by atoms with van der Waals surface area (Å²) in [5, 5.41) is 4.12. The quantitative estimate of drug-likeness (QED) is 0.514. The molecule has 0 spiro atoms. The minimum Gasteiger partial charge on any atom is -0.364 e. The van der Waals surface area contributed by atoms with Crippen LogP contribution >= 0.6 is 11.8 Å². The molecule has 120 valence electrons. The van der Waals surface area contributed by atoms with Crippen molar-refractivity contribution < 1.29 is 4.79 Å². The molecule has 1 aromatic carbocycles. The number of aromatic nitrogens is 1. The lowest BCUT2D eigenvalue weighted by Gasteiger charge is -2.23. The van der Waals surface area contributed by atoms with Crippen LogP contribution in [0.25, 0.3) is 0 Å². The van der Waals surface area contributed by atoms with Crippen molar-refractivity contribution in [3.05, 3.63) is 54.4 Å². The van der Waals surface area contributed by atoms with E-state index in [4.69, 9.17) is 5.73 Å². The van der Waals surface area contributed by atoms with Crippen molar-refractivity contribution in [3.8, 4) is 0 Å². The lowest BCUT2D eigenvalue weighted by molar-refractivity contribution is 0.0995. The molecule has 0 saturated heterocycles. The highest BCUT2D eigenvalue weighted by molar-refractivity contribution is 8.13. The third-order valence-electron chi connectivity index (χ3n) is 2.67. The van der Waals surface area contributed by atoms with Gasteiger partial charge in [-0.25, -0.2) is 4.99 Å². The number of hydrogen-bond donors (Lipinski definition) is 2. The number of amides is 1. The molecular weight excluding hydrogens is 308 g/mol. The van der Waals surface area contributed by atoms with E-state index in [0.29, 0.717) is 5.69 Å². The van der Waals surface area contributed by atoms with Gasteiger partial charge in [-0.15, -0.1) is 0 Å². The number of amidine groups is 1. The molecule has 5 nitrogen and oxygen atoms in total. The summed E-state index contributed by atoms with van der Waals surface area (Å²) < 4.78 is 0. The normalized spacial score (nSPS) is 12.0. The second-order valence-electron chi connectivity index (χ2n) is 5.97. The van der Waals surface area contributed by atoms with Crippen LogP contribution in [0.1, 0.15) is 31.3 Å². The number of rotatable bonds is 3. The van der Waals surface area contributed by atoms with Crippen molar-refractivity contribution in [2.24, 2.45) is 10.7 Å². The standard InChI is InChI=1S/C17H20N4OS/c1-17(2,3)21-16(23-13-7-5-4-6-8-13)20-12-9-10-19-14(11-12)15(18)22/h4-11H,1-3H3,(H2,18,22)(H,19,20,21). The topological polar surface area (TPSA) is 80.4 Å². The van der Waals surface area contributed by atoms with E-state index in [1.54, 1.807) is 12.1 Å². The molecule has 0 saturated carbocycles. The number of nitrogens with two attached hydrogens (primary N) is 1. The average Bonchev–Trinajstić information content (AvgIpc) is 2.46. The third kappa shape index (κ3) is 5.75. The number of benzene rings is 1. The van der Waals surface area contributed by atoms with Crippen LogP contribution < -0.4 is 11.1 Å². The van der Waals surface area contributed by atoms with Gasteiger partial charge in [0.25, 0.3) is 5.91 Å². The van der Waals surface area contributed by atoms with Crippen LogP contribution in [0, 0.1) is 0 Å². The number of thioether (sulfide) groups is 1. The Kier molecular flexibility index (Phi) is 5.39. The van der Waals surface area contributed by atoms with E-state index in [2.05, 4.69) is 36.1 Å². The van der Waals surface area contributed by atoms with Crippen molar-refractivity contribution in [1.29, 1.82) is 0 Å². The predicted molar refractivity (Wildman–Crippen MR) is 95.0 cm³/mol. The second-order valence-corrected chi connectivity index (χ2v) is 7.03. The van der Waals surface area contributed by atoms with Crippen molar-refractivity contribution in [1.82, 2.24) is 10.3 Å². The first-order chi connectivity index (χ1) is 10.8. The Hall–Kier alpha value is -2.34. The monoisotopic (exact) mass is 328 g/mol. The van der Waals surface area contributed by atoms with Crippen LogP contribution in [0.4, 0.5) is 5.69 Å². The van der Waals surface area contributed by atoms with E-state index in [1.165, 1.54) is 18.0 Å². The molecule has 23 heavy (non-hydrogen) atoms. The Morgan fingerprint density at radius 2 is 1.91 bits per heavy atom. The van der Waals surface area contributed by atoms with E-state index in [0.717, 1.165) is 10.1 Å². The highest BCUT2D eigenvalue weighted by atomic mass is 32.2. The predicted octanol–water partition coefficient (Wildman–Crippen LogP) is 3.35. The van der Waals surface area contributed by atoms with Gasteiger partial charge in [-0.2, -0.15) is 0 Å². The molecular formula is C17H20N4OS. The number of aliphatic imine (C=N–C) groups is 1. The molecule has 2 rings (SSSR count). The molecule has 3 N–H and O–H groups in total. The number of nitrogens with one attached hydrogen (secondary N) is 1. The van der Waals surface area contributed by atoms with Gasteiger partial charge in [0, 0.05) is 16.6 Å². The molecule has 0 fully saturated rings. The summed E-state index contributed by atoms with van der Waals surface area (Å²) in [6, 6.07) is 13.3. The molecule has 0 bridgehead atoms. The maximum Gasteiger partial charge on any atom is 0.267 e. The molecule has 6 heteroatoms. The number of primary amides is 1. The Morgan fingerprint density at radius 1 is 1.22 bits per heavy atom. The fourth-order valence-electron chi connectivity index (χ4n) is 1.74. The largest absolute Gasteiger partial charge is 0.364 e. The Morgan fingerprint density at radius 3 is 2.52 bits per heavy atom. The second kappa shape index (κ2) is 7.28. The van der Waals surface area contributed by atoms with Gasteiger partial charge in [-0.3, -0.25) is 9.78 Å². The Balaban J connectivity index is 2.32. The zero-order valence-corrected chi connectivity index (χ0v) is 14.2. The van der Waals surface area contributed by atoms with Crippen LogP contribution in [-0.4, -0.2) is 21.6 Å². The van der Waals surface area contributed by atoms with Crippen molar-refractivity contribution >= 4 is 28.5 Å². The van der Waals surface area contributed by atoms with Crippen LogP contribution in [0.15, 0.2) is 58.5 Å². The first kappa shape index (κ1) is 17.0. The number of pyridine rings is 1. The van der Waals surface area contributed by atoms with Gasteiger partial charge < -0.3 is 11.1 Å². The molecule has 0 aliphatic heterocycles. The zero-order chi connectivity index (χ0) is 16.9. The molecule has 1 aromatic heterocycles. The lowest BCUT2D eigenvalue weighted by Crippen LogP contribution is -2.39. The summed E-state index contributed by atoms with van der Waals surface area (Å²) in [5.41, 5.74) is 5.96. The highest BCUT2D eigenvalue weighted by Gasteiger charge is 2.14. The van der Waals surface area contributed by atoms with Gasteiger partial charge in [0.2, 0.25) is 0 Å². The van der Waals surface area contributed by atoms with Gasteiger partial charge in [-0.05, 0) is 45.0 Å². The van der Waals surface area contributed by atoms with Gasteiger partial charge in [0.15, 0.2) is 5.17 Å². The molecule has 0 aliphatic rings. The van der Waals surface area contributed by atoms with E-state index < -0.39 is 5.91 Å². The zero-order valence-electron chi connectivity index (χ0n) is 13.4. The summed E-state index contributed by atoms with van der Waals surface area (Å²) in [6.07, 6.45) is 1.53. The van der Waals surface area contributed by atoms with Crippen molar-refractivity contribution in [3.63, 3.8) is 0 Å². The molecule has 0 aliphatic carbocycles. The SMILES string of the molecule is CC(C)(C)N/C(=N/c1ccnc(C(N)=O)c1)Sc1ccccc1. The molecule has 2 aromatic rings. The van der Waals surface area contributed by atoms with Crippen molar-refractivity contribution in [2.45, 2.75) is 31.2 Å². The number of carbonyl (C=O) groups is 1. The fourth-order valence-corrected chi connectivity index (χ4v) is 2.76. The molecule has 1 heterocycles. The van der Waals surface area contributed by atoms with E-state index in [9.17, 15) is 4.79 Å². The minimum absolute atomic E-state index is 0.139. The third-order valence-corrected chi connectivity index (χ3v) is 3.56. The van der Waals surface area contributed by atoms with Crippen LogP contribution in [0.5, 0.6) is 0 Å². The summed E-state index contributed by atoms with van der Waals surface area (Å²) in [7, 11) is 0. The number of hydrogen-bond acceptors (Lipinski definition) is 4. The first-order valence-electron chi connectivity index (χ1n) is 7.19. The maximum atomic E-state index is 11.2. The Bertz CT molecular complexity index is 708. The van der Waals surface area contributed by atoms with Gasteiger partial charge in [0.1, 0.15) is 5.69 Å². The molecule has 0 atom stereocenters.